The lowest BCUT2D eigenvalue weighted by Crippen LogP contribution is -2.34. The molecule has 2 N–H and O–H groups in total. The Morgan fingerprint density at radius 2 is 2.29 bits per heavy atom. The lowest BCUT2D eigenvalue weighted by Gasteiger charge is -2.12. The van der Waals surface area contributed by atoms with Crippen LogP contribution in [0.1, 0.15) is 40.0 Å². The monoisotopic (exact) mass is 291 g/mol. The summed E-state index contributed by atoms with van der Waals surface area (Å²) in [6.07, 6.45) is 4.30. The molecule has 21 heavy (non-hydrogen) atoms. The first-order chi connectivity index (χ1) is 9.97. The smallest absolute Gasteiger partial charge is 0.339 e. The number of nitrogens with zero attached hydrogens (tertiary/aromatic N) is 2. The molecule has 1 atom stereocenters. The highest BCUT2D eigenvalue weighted by atomic mass is 16.4. The Labute approximate surface area is 121 Å². The maximum absolute atomic E-state index is 12.1. The number of amides is 1. The summed E-state index contributed by atoms with van der Waals surface area (Å²) in [5, 5.41) is 15.7. The summed E-state index contributed by atoms with van der Waals surface area (Å²) in [6.45, 7) is 1.85. The summed E-state index contributed by atoms with van der Waals surface area (Å²) >= 11 is 0. The van der Waals surface area contributed by atoms with Gasteiger partial charge in [-0.15, -0.1) is 0 Å². The second kappa shape index (κ2) is 6.25. The van der Waals surface area contributed by atoms with Crippen LogP contribution >= 0.6 is 0 Å². The van der Waals surface area contributed by atoms with Crippen LogP contribution in [0.3, 0.4) is 0 Å². The maximum Gasteiger partial charge on any atom is 0.339 e. The average Bonchev–Trinajstić information content (AvgIpc) is 3.05. The van der Waals surface area contributed by atoms with Gasteiger partial charge in [0, 0.05) is 25.7 Å². The van der Waals surface area contributed by atoms with Gasteiger partial charge in [0.15, 0.2) is 5.69 Å². The number of rotatable bonds is 6. The molecule has 0 spiro atoms. The van der Waals surface area contributed by atoms with Crippen LogP contribution in [0.4, 0.5) is 0 Å². The van der Waals surface area contributed by atoms with Crippen molar-refractivity contribution in [2.24, 2.45) is 7.05 Å². The van der Waals surface area contributed by atoms with Gasteiger partial charge in [0.1, 0.15) is 11.3 Å². The van der Waals surface area contributed by atoms with Crippen LogP contribution in [0.15, 0.2) is 29.0 Å². The van der Waals surface area contributed by atoms with Gasteiger partial charge in [0.2, 0.25) is 0 Å². The van der Waals surface area contributed by atoms with Gasteiger partial charge in [-0.3, -0.25) is 9.48 Å². The molecule has 0 bridgehead atoms. The number of aryl methyl sites for hydroxylation is 2. The minimum atomic E-state index is -1.17. The number of furan rings is 1. The van der Waals surface area contributed by atoms with E-state index in [1.165, 1.54) is 10.9 Å². The second-order valence-electron chi connectivity index (χ2n) is 4.86. The van der Waals surface area contributed by atoms with Crippen LogP contribution < -0.4 is 5.32 Å². The Morgan fingerprint density at radius 3 is 2.90 bits per heavy atom. The maximum atomic E-state index is 12.1. The van der Waals surface area contributed by atoms with E-state index in [1.54, 1.807) is 13.3 Å². The van der Waals surface area contributed by atoms with Crippen LogP contribution in [0.2, 0.25) is 0 Å². The third kappa shape index (κ3) is 3.71. The Balaban J connectivity index is 1.96. The number of carboxylic acids is 1. The number of carbonyl (C=O) groups is 2. The zero-order chi connectivity index (χ0) is 15.4. The molecule has 0 radical (unpaired) electrons. The quantitative estimate of drug-likeness (QED) is 0.839. The number of carboxylic acid groups (broad SMARTS) is 1. The van der Waals surface area contributed by atoms with Crippen molar-refractivity contribution in [3.8, 4) is 0 Å². The van der Waals surface area contributed by atoms with E-state index in [0.717, 1.165) is 5.76 Å². The van der Waals surface area contributed by atoms with E-state index >= 15 is 0 Å². The first-order valence-electron chi connectivity index (χ1n) is 6.57. The van der Waals surface area contributed by atoms with Crippen LogP contribution in [0.25, 0.3) is 0 Å². The highest BCUT2D eigenvalue weighted by Gasteiger charge is 2.22. The molecule has 2 rings (SSSR count). The molecule has 0 aliphatic rings. The number of aromatic nitrogens is 2. The zero-order valence-electron chi connectivity index (χ0n) is 11.9. The fraction of sp³-hybridized carbons (Fsp3) is 0.357. The van der Waals surface area contributed by atoms with E-state index in [4.69, 9.17) is 9.52 Å². The fourth-order valence-corrected chi connectivity index (χ4v) is 1.99. The standard InChI is InChI=1S/C14H17N3O4/c1-9(5-6-10-4-3-7-21-10)15-13(18)12-11(14(19)20)8-17(2)16-12/h3-4,7-9H,5-6H2,1-2H3,(H,15,18)(H,19,20)/t9-/m1/s1. The van der Waals surface area contributed by atoms with E-state index in [2.05, 4.69) is 10.4 Å². The van der Waals surface area contributed by atoms with Crippen LogP contribution in [0.5, 0.6) is 0 Å². The van der Waals surface area contributed by atoms with Crippen molar-refractivity contribution in [3.63, 3.8) is 0 Å². The van der Waals surface area contributed by atoms with Gasteiger partial charge in [-0.2, -0.15) is 5.10 Å². The summed E-state index contributed by atoms with van der Waals surface area (Å²) in [4.78, 5) is 23.1. The van der Waals surface area contributed by atoms with Gasteiger partial charge in [0.05, 0.1) is 6.26 Å². The molecular weight excluding hydrogens is 274 g/mol. The zero-order valence-corrected chi connectivity index (χ0v) is 11.9. The number of hydrogen-bond acceptors (Lipinski definition) is 4. The molecule has 0 aliphatic heterocycles. The number of aromatic carboxylic acids is 1. The molecule has 1 amide bonds. The molecule has 7 nitrogen and oxygen atoms in total. The minimum absolute atomic E-state index is 0.0742. The van der Waals surface area contributed by atoms with E-state index in [1.807, 2.05) is 19.1 Å². The fourth-order valence-electron chi connectivity index (χ4n) is 1.99. The lowest BCUT2D eigenvalue weighted by atomic mass is 10.1. The minimum Gasteiger partial charge on any atom is -0.478 e. The van der Waals surface area contributed by atoms with Gasteiger partial charge in [-0.05, 0) is 25.5 Å². The SMILES string of the molecule is C[C@H](CCc1ccco1)NC(=O)c1nn(C)cc1C(=O)O. The molecule has 7 heteroatoms. The van der Waals surface area contributed by atoms with Gasteiger partial charge >= 0.3 is 5.97 Å². The molecule has 2 aromatic rings. The summed E-state index contributed by atoms with van der Waals surface area (Å²) in [6, 6.07) is 3.56. The lowest BCUT2D eigenvalue weighted by molar-refractivity contribution is 0.0690. The summed E-state index contributed by atoms with van der Waals surface area (Å²) < 4.78 is 6.53. The third-order valence-corrected chi connectivity index (χ3v) is 3.06. The Bertz CT molecular complexity index is 631. The normalized spacial score (nSPS) is 12.1. The van der Waals surface area contributed by atoms with Crippen molar-refractivity contribution < 1.29 is 19.1 Å². The van der Waals surface area contributed by atoms with Crippen molar-refractivity contribution in [3.05, 3.63) is 41.6 Å². The highest BCUT2D eigenvalue weighted by Crippen LogP contribution is 2.09. The third-order valence-electron chi connectivity index (χ3n) is 3.06. The van der Waals surface area contributed by atoms with Gasteiger partial charge in [-0.1, -0.05) is 0 Å². The number of hydrogen-bond donors (Lipinski definition) is 2. The molecule has 0 fully saturated rings. The van der Waals surface area contributed by atoms with Crippen molar-refractivity contribution in [1.29, 1.82) is 0 Å². The Morgan fingerprint density at radius 1 is 1.52 bits per heavy atom. The molecular formula is C14H17N3O4. The summed E-state index contributed by atoms with van der Waals surface area (Å²) in [5.74, 6) is -0.809. The second-order valence-corrected chi connectivity index (χ2v) is 4.86. The molecule has 0 unspecified atom stereocenters. The van der Waals surface area contributed by atoms with Crippen molar-refractivity contribution in [2.75, 3.05) is 0 Å². The molecule has 112 valence electrons. The summed E-state index contributed by atoms with van der Waals surface area (Å²) in [5.41, 5.74) is -0.178. The van der Waals surface area contributed by atoms with Crippen LogP contribution in [0, 0.1) is 0 Å². The van der Waals surface area contributed by atoms with E-state index in [9.17, 15) is 9.59 Å². The Hall–Kier alpha value is -2.57. The first-order valence-corrected chi connectivity index (χ1v) is 6.57. The van der Waals surface area contributed by atoms with Gasteiger partial charge in [-0.25, -0.2) is 4.79 Å². The predicted molar refractivity (Wildman–Crippen MR) is 74.1 cm³/mol. The largest absolute Gasteiger partial charge is 0.478 e. The van der Waals surface area contributed by atoms with Crippen LogP contribution in [-0.2, 0) is 13.5 Å². The predicted octanol–water partition coefficient (Wildman–Crippen LogP) is 1.46. The Kier molecular flexibility index (Phi) is 4.42. The van der Waals surface area contributed by atoms with E-state index in [0.29, 0.717) is 12.8 Å². The van der Waals surface area contributed by atoms with Crippen molar-refractivity contribution in [1.82, 2.24) is 15.1 Å². The average molecular weight is 291 g/mol. The van der Waals surface area contributed by atoms with Crippen LogP contribution in [-0.4, -0.2) is 32.8 Å². The van der Waals surface area contributed by atoms with Gasteiger partial charge in [0.25, 0.3) is 5.91 Å². The highest BCUT2D eigenvalue weighted by molar-refractivity contribution is 6.03. The molecule has 0 aliphatic carbocycles. The van der Waals surface area contributed by atoms with Gasteiger partial charge < -0.3 is 14.8 Å². The molecule has 0 aromatic carbocycles. The molecule has 2 heterocycles. The summed E-state index contributed by atoms with van der Waals surface area (Å²) in [7, 11) is 1.57. The number of carbonyl (C=O) groups excluding carboxylic acids is 1. The van der Waals surface area contributed by atoms with E-state index < -0.39 is 11.9 Å². The number of nitrogens with one attached hydrogen (secondary N) is 1. The van der Waals surface area contributed by atoms with Crippen molar-refractivity contribution >= 4 is 11.9 Å². The molecule has 0 saturated carbocycles. The molecule has 0 saturated heterocycles. The topological polar surface area (TPSA) is 97.4 Å². The van der Waals surface area contributed by atoms with E-state index in [-0.39, 0.29) is 17.3 Å². The molecule has 2 aromatic heterocycles. The van der Waals surface area contributed by atoms with Crippen molar-refractivity contribution in [2.45, 2.75) is 25.8 Å². The first kappa shape index (κ1) is 14.8.